The zero-order valence-electron chi connectivity index (χ0n) is 11.9. The number of nitro groups is 1. The molecule has 0 amide bonds. The second kappa shape index (κ2) is 6.04. The third kappa shape index (κ3) is 4.19. The second-order valence-electron chi connectivity index (χ2n) is 5.12. The first kappa shape index (κ1) is 17.5. The monoisotopic (exact) mass is 320 g/mol. The van der Waals surface area contributed by atoms with Crippen LogP contribution in [0.4, 0.5) is 10.1 Å². The molecule has 0 aliphatic rings. The molecule has 1 rings (SSSR count). The van der Waals surface area contributed by atoms with Crippen molar-refractivity contribution in [1.29, 1.82) is 0 Å². The second-order valence-corrected chi connectivity index (χ2v) is 7.02. The molecule has 0 atom stereocenters. The molecule has 7 nitrogen and oxygen atoms in total. The third-order valence-corrected chi connectivity index (χ3v) is 4.60. The molecule has 1 aromatic rings. The van der Waals surface area contributed by atoms with Crippen LogP contribution in [-0.4, -0.2) is 41.4 Å². The highest BCUT2D eigenvalue weighted by Gasteiger charge is 2.31. The van der Waals surface area contributed by atoms with Crippen LogP contribution >= 0.6 is 0 Å². The first-order valence-electron chi connectivity index (χ1n) is 6.15. The van der Waals surface area contributed by atoms with Gasteiger partial charge in [-0.15, -0.1) is 0 Å². The summed E-state index contributed by atoms with van der Waals surface area (Å²) in [6.45, 7) is 4.09. The molecule has 0 aromatic heterocycles. The minimum absolute atomic E-state index is 0.00550. The Kier molecular flexibility index (Phi) is 5.03. The first-order valence-corrected chi connectivity index (χ1v) is 7.59. The zero-order valence-corrected chi connectivity index (χ0v) is 12.7. The molecule has 0 saturated carbocycles. The summed E-state index contributed by atoms with van der Waals surface area (Å²) in [6.07, 6.45) is 0. The lowest BCUT2D eigenvalue weighted by molar-refractivity contribution is -0.385. The van der Waals surface area contributed by atoms with Crippen molar-refractivity contribution in [2.24, 2.45) is 0 Å². The van der Waals surface area contributed by atoms with Crippen molar-refractivity contribution < 1.29 is 22.8 Å². The van der Waals surface area contributed by atoms with Gasteiger partial charge >= 0.3 is 0 Å². The van der Waals surface area contributed by atoms with E-state index >= 15 is 0 Å². The summed E-state index contributed by atoms with van der Waals surface area (Å²) in [5.74, 6) is -1.07. The number of non-ortho nitro benzene ring substituents is 1. The lowest BCUT2D eigenvalue weighted by Crippen LogP contribution is -2.42. The van der Waals surface area contributed by atoms with Crippen LogP contribution in [0.15, 0.2) is 23.1 Å². The minimum atomic E-state index is -4.28. The van der Waals surface area contributed by atoms with E-state index in [-0.39, 0.29) is 13.1 Å². The van der Waals surface area contributed by atoms with Gasteiger partial charge in [0, 0.05) is 25.2 Å². The van der Waals surface area contributed by atoms with E-state index in [9.17, 15) is 28.0 Å². The summed E-state index contributed by atoms with van der Waals surface area (Å²) in [7, 11) is -4.28. The molecule has 21 heavy (non-hydrogen) atoms. The maximum Gasteiger partial charge on any atom is 0.270 e. The topological polar surface area (TPSA) is 101 Å². The molecular weight excluding hydrogens is 303 g/mol. The zero-order chi connectivity index (χ0) is 16.4. The van der Waals surface area contributed by atoms with Gasteiger partial charge in [0.25, 0.3) is 5.69 Å². The Morgan fingerprint density at radius 1 is 1.43 bits per heavy atom. The number of benzene rings is 1. The van der Waals surface area contributed by atoms with Crippen molar-refractivity contribution in [2.75, 3.05) is 13.1 Å². The van der Waals surface area contributed by atoms with Crippen LogP contribution < -0.4 is 0 Å². The van der Waals surface area contributed by atoms with Crippen LogP contribution in [0.2, 0.25) is 0 Å². The van der Waals surface area contributed by atoms with Gasteiger partial charge in [-0.05, 0) is 19.9 Å². The highest BCUT2D eigenvalue weighted by atomic mass is 32.2. The van der Waals surface area contributed by atoms with Crippen molar-refractivity contribution >= 4 is 15.7 Å². The molecular formula is C12H17FN2O5S. The minimum Gasteiger partial charge on any atom is -0.389 e. The van der Waals surface area contributed by atoms with Crippen LogP contribution in [0, 0.1) is 15.9 Å². The summed E-state index contributed by atoms with van der Waals surface area (Å²) >= 11 is 0. The van der Waals surface area contributed by atoms with E-state index in [1.807, 2.05) is 0 Å². The van der Waals surface area contributed by atoms with Crippen molar-refractivity contribution in [2.45, 2.75) is 31.3 Å². The Labute approximate surface area is 122 Å². The molecule has 1 N–H and O–H groups in total. The molecule has 0 saturated heterocycles. The number of aliphatic hydroxyl groups is 1. The number of hydrogen-bond acceptors (Lipinski definition) is 5. The van der Waals surface area contributed by atoms with Gasteiger partial charge in [0.15, 0.2) is 0 Å². The fourth-order valence-electron chi connectivity index (χ4n) is 1.74. The standard InChI is InChI=1S/C12H17FN2O5S/c1-4-14(8-12(2,3)16)21(19,20)11-7-9(15(17)18)5-6-10(11)13/h5-7,16H,4,8H2,1-3H3. The Bertz CT molecular complexity index is 640. The van der Waals surface area contributed by atoms with Crippen LogP contribution in [0.1, 0.15) is 20.8 Å². The van der Waals surface area contributed by atoms with Gasteiger partial charge in [0.05, 0.1) is 10.5 Å². The van der Waals surface area contributed by atoms with Crippen molar-refractivity contribution in [3.05, 3.63) is 34.1 Å². The molecule has 0 spiro atoms. The summed E-state index contributed by atoms with van der Waals surface area (Å²) in [5, 5.41) is 20.4. The SMILES string of the molecule is CCN(CC(C)(C)O)S(=O)(=O)c1cc([N+](=O)[O-])ccc1F. The van der Waals surface area contributed by atoms with E-state index in [1.165, 1.54) is 20.8 Å². The Morgan fingerprint density at radius 3 is 2.43 bits per heavy atom. The largest absolute Gasteiger partial charge is 0.389 e. The van der Waals surface area contributed by atoms with Gasteiger partial charge in [0.2, 0.25) is 10.0 Å². The molecule has 0 unspecified atom stereocenters. The lowest BCUT2D eigenvalue weighted by atomic mass is 10.1. The maximum atomic E-state index is 13.8. The fraction of sp³-hybridized carbons (Fsp3) is 0.500. The van der Waals surface area contributed by atoms with Crippen LogP contribution in [-0.2, 0) is 10.0 Å². The Morgan fingerprint density at radius 2 is 2.00 bits per heavy atom. The highest BCUT2D eigenvalue weighted by Crippen LogP contribution is 2.25. The Hall–Kier alpha value is -1.58. The first-order chi connectivity index (χ1) is 9.49. The van der Waals surface area contributed by atoms with Gasteiger partial charge in [-0.3, -0.25) is 10.1 Å². The van der Waals surface area contributed by atoms with Crippen LogP contribution in [0.3, 0.4) is 0 Å². The summed E-state index contributed by atoms with van der Waals surface area (Å²) < 4.78 is 39.4. The number of halogens is 1. The third-order valence-electron chi connectivity index (χ3n) is 2.66. The van der Waals surface area contributed by atoms with Gasteiger partial charge in [-0.1, -0.05) is 6.92 Å². The molecule has 1 aromatic carbocycles. The van der Waals surface area contributed by atoms with E-state index in [1.54, 1.807) is 0 Å². The number of nitrogens with zero attached hydrogens (tertiary/aromatic N) is 2. The molecule has 9 heteroatoms. The summed E-state index contributed by atoms with van der Waals surface area (Å²) in [4.78, 5) is 9.12. The summed E-state index contributed by atoms with van der Waals surface area (Å²) in [5.41, 5.74) is -1.84. The number of sulfonamides is 1. The van der Waals surface area contributed by atoms with E-state index in [2.05, 4.69) is 0 Å². The number of rotatable bonds is 6. The van der Waals surface area contributed by atoms with E-state index < -0.39 is 36.9 Å². The van der Waals surface area contributed by atoms with Crippen molar-refractivity contribution in [3.63, 3.8) is 0 Å². The molecule has 0 radical (unpaired) electrons. The van der Waals surface area contributed by atoms with Crippen LogP contribution in [0.5, 0.6) is 0 Å². The van der Waals surface area contributed by atoms with E-state index in [0.29, 0.717) is 6.07 Å². The number of likely N-dealkylation sites (N-methyl/N-ethyl adjacent to an activating group) is 1. The molecule has 118 valence electrons. The van der Waals surface area contributed by atoms with E-state index in [4.69, 9.17) is 0 Å². The fourth-order valence-corrected chi connectivity index (χ4v) is 3.43. The van der Waals surface area contributed by atoms with Gasteiger partial charge in [-0.25, -0.2) is 12.8 Å². The molecule has 0 aliphatic carbocycles. The average Bonchev–Trinajstić information content (AvgIpc) is 2.34. The van der Waals surface area contributed by atoms with E-state index in [0.717, 1.165) is 16.4 Å². The summed E-state index contributed by atoms with van der Waals surface area (Å²) in [6, 6.07) is 2.31. The molecule has 0 fully saturated rings. The van der Waals surface area contributed by atoms with Crippen LogP contribution in [0.25, 0.3) is 0 Å². The average molecular weight is 320 g/mol. The molecule has 0 aliphatic heterocycles. The Balaban J connectivity index is 3.35. The van der Waals surface area contributed by atoms with Gasteiger partial charge < -0.3 is 5.11 Å². The molecule has 0 heterocycles. The smallest absolute Gasteiger partial charge is 0.270 e. The van der Waals surface area contributed by atoms with Crippen molar-refractivity contribution in [3.8, 4) is 0 Å². The van der Waals surface area contributed by atoms with Crippen molar-refractivity contribution in [1.82, 2.24) is 4.31 Å². The molecule has 0 bridgehead atoms. The number of nitro benzene ring substituents is 1. The maximum absolute atomic E-state index is 13.8. The normalized spacial score (nSPS) is 12.7. The quantitative estimate of drug-likeness (QED) is 0.632. The highest BCUT2D eigenvalue weighted by molar-refractivity contribution is 7.89. The lowest BCUT2D eigenvalue weighted by Gasteiger charge is -2.27. The number of hydrogen-bond donors (Lipinski definition) is 1. The van der Waals surface area contributed by atoms with Gasteiger partial charge in [-0.2, -0.15) is 4.31 Å². The predicted octanol–water partition coefficient (Wildman–Crippen LogP) is 1.52. The van der Waals surface area contributed by atoms with Gasteiger partial charge in [0.1, 0.15) is 10.7 Å². The predicted molar refractivity (Wildman–Crippen MR) is 73.8 cm³/mol.